The van der Waals surface area contributed by atoms with Crippen LogP contribution < -0.4 is 0 Å². The van der Waals surface area contributed by atoms with Crippen molar-refractivity contribution in [3.8, 4) is 0 Å². The van der Waals surface area contributed by atoms with Crippen molar-refractivity contribution in [3.05, 3.63) is 11.6 Å². The van der Waals surface area contributed by atoms with E-state index in [0.717, 1.165) is 12.5 Å². The van der Waals surface area contributed by atoms with Crippen molar-refractivity contribution in [1.29, 1.82) is 0 Å². The highest BCUT2D eigenvalue weighted by molar-refractivity contribution is 5.34. The summed E-state index contributed by atoms with van der Waals surface area (Å²) in [4.78, 5) is 0. The minimum atomic E-state index is -0.452. The molecule has 3 nitrogen and oxygen atoms in total. The van der Waals surface area contributed by atoms with Crippen molar-refractivity contribution in [3.63, 3.8) is 0 Å². The maximum Gasteiger partial charge on any atom is 0.163 e. The Morgan fingerprint density at radius 2 is 1.54 bits per heavy atom. The Morgan fingerprint density at radius 3 is 2.24 bits per heavy atom. The zero-order valence-corrected chi connectivity index (χ0v) is 25.5. The second-order valence-electron chi connectivity index (χ2n) is 17.1. The van der Waals surface area contributed by atoms with Crippen LogP contribution in [0, 0.1) is 56.2 Å². The van der Waals surface area contributed by atoms with Crippen molar-refractivity contribution in [2.45, 2.75) is 132 Å². The highest BCUT2D eigenvalue weighted by atomic mass is 16.7. The summed E-state index contributed by atoms with van der Waals surface area (Å²) in [6.07, 6.45) is 14.4. The predicted molar refractivity (Wildman–Crippen MR) is 150 cm³/mol. The Bertz CT molecular complexity index is 982. The summed E-state index contributed by atoms with van der Waals surface area (Å²) in [7, 11) is 0. The van der Waals surface area contributed by atoms with Gasteiger partial charge in [-0.1, -0.05) is 60.1 Å². The summed E-state index contributed by atoms with van der Waals surface area (Å²) in [5, 5.41) is 10.5. The molecule has 0 radical (unpaired) electrons. The largest absolute Gasteiger partial charge is 0.396 e. The summed E-state index contributed by atoms with van der Waals surface area (Å²) in [5.74, 6) is 1.97. The first kappa shape index (κ1) is 26.8. The molecule has 0 aromatic rings. The van der Waals surface area contributed by atoms with Crippen molar-refractivity contribution in [2.75, 3.05) is 13.2 Å². The lowest BCUT2D eigenvalue weighted by Gasteiger charge is -2.72. The summed E-state index contributed by atoms with van der Waals surface area (Å²) in [5.41, 5.74) is 3.38. The van der Waals surface area contributed by atoms with Crippen LogP contribution >= 0.6 is 0 Å². The molecule has 1 aliphatic heterocycles. The van der Waals surface area contributed by atoms with Crippen LogP contribution in [0.1, 0.15) is 120 Å². The number of hydrogen-bond donors (Lipinski definition) is 1. The minimum absolute atomic E-state index is 0.113. The topological polar surface area (TPSA) is 38.7 Å². The van der Waals surface area contributed by atoms with E-state index in [-0.39, 0.29) is 16.2 Å². The van der Waals surface area contributed by atoms with E-state index in [1.807, 2.05) is 0 Å². The molecule has 0 aromatic carbocycles. The molecule has 0 aromatic heterocycles. The number of aliphatic hydroxyl groups is 1. The Morgan fingerprint density at radius 1 is 0.811 bits per heavy atom. The fourth-order valence-corrected chi connectivity index (χ4v) is 12.1. The van der Waals surface area contributed by atoms with Crippen LogP contribution in [0.25, 0.3) is 0 Å². The maximum absolute atomic E-state index is 10.5. The lowest BCUT2D eigenvalue weighted by molar-refractivity contribution is -0.351. The lowest BCUT2D eigenvalue weighted by atomic mass is 9.33. The molecule has 3 unspecified atom stereocenters. The normalized spacial score (nSPS) is 56.1. The van der Waals surface area contributed by atoms with E-state index in [9.17, 15) is 5.11 Å². The first-order valence-electron chi connectivity index (χ1n) is 15.7. The monoisotopic (exact) mass is 512 g/mol. The van der Waals surface area contributed by atoms with E-state index >= 15 is 0 Å². The van der Waals surface area contributed by atoms with Crippen molar-refractivity contribution < 1.29 is 14.6 Å². The van der Waals surface area contributed by atoms with Gasteiger partial charge in [-0.05, 0) is 122 Å². The molecule has 5 aliphatic carbocycles. The smallest absolute Gasteiger partial charge is 0.163 e. The molecule has 1 saturated heterocycles. The molecule has 4 saturated carbocycles. The Balaban J connectivity index is 1.38. The number of ether oxygens (including phenoxy) is 2. The van der Waals surface area contributed by atoms with Crippen molar-refractivity contribution in [1.82, 2.24) is 0 Å². The van der Waals surface area contributed by atoms with Gasteiger partial charge in [-0.2, -0.15) is 0 Å². The van der Waals surface area contributed by atoms with Gasteiger partial charge >= 0.3 is 0 Å². The zero-order valence-electron chi connectivity index (χ0n) is 25.5. The van der Waals surface area contributed by atoms with Gasteiger partial charge < -0.3 is 14.6 Å². The van der Waals surface area contributed by atoms with E-state index in [0.29, 0.717) is 46.7 Å². The van der Waals surface area contributed by atoms with Gasteiger partial charge in [0.2, 0.25) is 0 Å². The summed E-state index contributed by atoms with van der Waals surface area (Å²) in [6.45, 7) is 23.4. The second-order valence-corrected chi connectivity index (χ2v) is 17.1. The Labute approximate surface area is 227 Å². The summed E-state index contributed by atoms with van der Waals surface area (Å²) < 4.78 is 13.0. The van der Waals surface area contributed by atoms with Crippen LogP contribution in [0.2, 0.25) is 0 Å². The molecular formula is C34H56O3. The summed E-state index contributed by atoms with van der Waals surface area (Å²) >= 11 is 0. The fourth-order valence-electron chi connectivity index (χ4n) is 12.1. The highest BCUT2D eigenvalue weighted by Crippen LogP contribution is 2.76. The van der Waals surface area contributed by atoms with Crippen LogP contribution in [0.3, 0.4) is 0 Å². The van der Waals surface area contributed by atoms with Crippen LogP contribution in [-0.2, 0) is 9.47 Å². The van der Waals surface area contributed by atoms with Crippen LogP contribution in [0.15, 0.2) is 11.6 Å². The first-order chi connectivity index (χ1) is 17.0. The van der Waals surface area contributed by atoms with Gasteiger partial charge in [-0.3, -0.25) is 0 Å². The molecule has 1 heterocycles. The van der Waals surface area contributed by atoms with Crippen LogP contribution in [0.5, 0.6) is 0 Å². The van der Waals surface area contributed by atoms with E-state index < -0.39 is 5.79 Å². The Hall–Kier alpha value is -0.380. The van der Waals surface area contributed by atoms with Gasteiger partial charge in [0, 0.05) is 12.0 Å². The fraction of sp³-hybridized carbons (Fsp3) is 0.941. The van der Waals surface area contributed by atoms with E-state index in [4.69, 9.17) is 9.47 Å². The van der Waals surface area contributed by atoms with Crippen molar-refractivity contribution in [2.24, 2.45) is 56.2 Å². The number of rotatable bonds is 1. The molecule has 210 valence electrons. The van der Waals surface area contributed by atoms with Crippen molar-refractivity contribution >= 4 is 0 Å². The molecule has 37 heavy (non-hydrogen) atoms. The third kappa shape index (κ3) is 3.41. The molecule has 6 aliphatic rings. The van der Waals surface area contributed by atoms with E-state index in [1.165, 1.54) is 57.8 Å². The molecule has 3 heteroatoms. The molecule has 10 atom stereocenters. The highest BCUT2D eigenvalue weighted by Gasteiger charge is 2.70. The minimum Gasteiger partial charge on any atom is -0.396 e. The Kier molecular flexibility index (Phi) is 5.71. The molecule has 1 N–H and O–H groups in total. The third-order valence-corrected chi connectivity index (χ3v) is 14.5. The number of allylic oxidation sites excluding steroid dienone is 2. The standard InChI is InChI=1S/C34H56O3/c1-28(2)18-22(20-35)30(5)16-17-33(8)23(24(30)19-28)10-11-26-31(6)14-13-27-32(7,21-36-29(3,4)37-27)25(31)12-15-34(26,33)9/h10,22,24-27,35H,11-21H2,1-9H3/t22?,24-,25?,26-,27?,30+,31+,32+,33-,34-/m1/s1. The molecular weight excluding hydrogens is 456 g/mol. The zero-order chi connectivity index (χ0) is 26.9. The van der Waals surface area contributed by atoms with Crippen LogP contribution in [0.4, 0.5) is 0 Å². The van der Waals surface area contributed by atoms with E-state index in [2.05, 4.69) is 68.4 Å². The first-order valence-corrected chi connectivity index (χ1v) is 15.7. The number of aliphatic hydroxyl groups excluding tert-OH is 1. The van der Waals surface area contributed by atoms with Gasteiger partial charge in [0.05, 0.1) is 12.7 Å². The van der Waals surface area contributed by atoms with Crippen LogP contribution in [-0.4, -0.2) is 30.2 Å². The van der Waals surface area contributed by atoms with Gasteiger partial charge in [-0.15, -0.1) is 0 Å². The molecule has 0 bridgehead atoms. The lowest BCUT2D eigenvalue weighted by Crippen LogP contribution is -2.67. The molecule has 0 spiro atoms. The van der Waals surface area contributed by atoms with E-state index in [1.54, 1.807) is 5.57 Å². The van der Waals surface area contributed by atoms with Gasteiger partial charge in [0.1, 0.15) is 0 Å². The number of fused-ring (bicyclic) bond motifs is 9. The third-order valence-electron chi connectivity index (χ3n) is 14.5. The van der Waals surface area contributed by atoms with Gasteiger partial charge in [-0.25, -0.2) is 0 Å². The average Bonchev–Trinajstić information content (AvgIpc) is 2.80. The number of hydrogen-bond acceptors (Lipinski definition) is 3. The average molecular weight is 513 g/mol. The second kappa shape index (κ2) is 7.88. The predicted octanol–water partition coefficient (Wildman–Crippen LogP) is 8.16. The maximum atomic E-state index is 10.5. The van der Waals surface area contributed by atoms with Gasteiger partial charge in [0.15, 0.2) is 5.79 Å². The van der Waals surface area contributed by atoms with Gasteiger partial charge in [0.25, 0.3) is 0 Å². The SMILES string of the molecule is CC1(C)CC(CO)[C@]2(C)CC[C@]3(C)C(=CC[C@@H]4[C@@]5(C)CCC6OC(C)(C)OC[C@@]6(C)C5CC[C@]43C)[C@H]2C1. The quantitative estimate of drug-likeness (QED) is 0.360. The molecule has 5 fully saturated rings. The summed E-state index contributed by atoms with van der Waals surface area (Å²) in [6, 6.07) is 0. The molecule has 6 rings (SSSR count). The molecule has 0 amide bonds.